The molecule has 0 fully saturated rings. The number of hydrogen-bond donors (Lipinski definition) is 1. The van der Waals surface area contributed by atoms with Crippen LogP contribution in [0.25, 0.3) is 0 Å². The molecule has 0 saturated carbocycles. The van der Waals surface area contributed by atoms with Gasteiger partial charge < -0.3 is 0 Å². The first-order valence-electron chi connectivity index (χ1n) is 5.67. The summed E-state index contributed by atoms with van der Waals surface area (Å²) in [6, 6.07) is 1.78. The molecular formula is C13H18N2O2S. The zero-order valence-electron chi connectivity index (χ0n) is 11.4. The number of nitrogens with one attached hydrogen (secondary N) is 1. The lowest BCUT2D eigenvalue weighted by molar-refractivity contribution is 0.584. The Morgan fingerprint density at radius 2 is 1.33 bits per heavy atom. The van der Waals surface area contributed by atoms with Crippen molar-refractivity contribution in [3.63, 3.8) is 0 Å². The first kappa shape index (κ1) is 14.7. The summed E-state index contributed by atoms with van der Waals surface area (Å²) in [4.78, 5) is 0.304. The molecule has 1 aromatic rings. The fraction of sp³-hybridized carbons (Fsp3) is 0.462. The molecule has 0 aliphatic rings. The summed E-state index contributed by atoms with van der Waals surface area (Å²) in [5.41, 5.74) is 4.58. The van der Waals surface area contributed by atoms with Crippen molar-refractivity contribution in [2.75, 3.05) is 6.54 Å². The Labute approximate surface area is 109 Å². The first-order chi connectivity index (χ1) is 8.24. The zero-order chi connectivity index (χ0) is 14.1. The van der Waals surface area contributed by atoms with Crippen LogP contribution in [0.15, 0.2) is 4.90 Å². The molecule has 0 amide bonds. The third-order valence-electron chi connectivity index (χ3n) is 3.54. The first-order valence-corrected chi connectivity index (χ1v) is 7.16. The highest BCUT2D eigenvalue weighted by Gasteiger charge is 2.22. The lowest BCUT2D eigenvalue weighted by atomic mass is 9.95. The van der Waals surface area contributed by atoms with Crippen LogP contribution in [0, 0.1) is 45.9 Å². The van der Waals surface area contributed by atoms with E-state index in [2.05, 4.69) is 4.72 Å². The molecule has 0 bridgehead atoms. The van der Waals surface area contributed by atoms with E-state index >= 15 is 0 Å². The van der Waals surface area contributed by atoms with Crippen molar-refractivity contribution >= 4 is 10.0 Å². The summed E-state index contributed by atoms with van der Waals surface area (Å²) in [6.45, 7) is 9.21. The quantitative estimate of drug-likeness (QED) is 0.851. The van der Waals surface area contributed by atoms with Gasteiger partial charge >= 0.3 is 0 Å². The van der Waals surface area contributed by atoms with Crippen LogP contribution in [0.5, 0.6) is 0 Å². The van der Waals surface area contributed by atoms with E-state index in [0.29, 0.717) is 4.90 Å². The van der Waals surface area contributed by atoms with Gasteiger partial charge in [-0.15, -0.1) is 0 Å². The monoisotopic (exact) mass is 266 g/mol. The van der Waals surface area contributed by atoms with E-state index in [-0.39, 0.29) is 6.54 Å². The van der Waals surface area contributed by atoms with E-state index < -0.39 is 10.0 Å². The number of rotatable bonds is 3. The lowest BCUT2D eigenvalue weighted by Crippen LogP contribution is -2.26. The fourth-order valence-corrected chi connectivity index (χ4v) is 3.58. The van der Waals surface area contributed by atoms with Gasteiger partial charge in [-0.05, 0) is 62.4 Å². The average molecular weight is 266 g/mol. The van der Waals surface area contributed by atoms with Gasteiger partial charge in [-0.1, -0.05) is 0 Å². The number of nitrogens with zero attached hydrogens (tertiary/aromatic N) is 1. The highest BCUT2D eigenvalue weighted by atomic mass is 32.2. The van der Waals surface area contributed by atoms with Crippen molar-refractivity contribution < 1.29 is 8.42 Å². The molecule has 18 heavy (non-hydrogen) atoms. The van der Waals surface area contributed by atoms with Gasteiger partial charge in [0.15, 0.2) is 0 Å². The molecule has 0 radical (unpaired) electrons. The predicted molar refractivity (Wildman–Crippen MR) is 70.9 cm³/mol. The second-order valence-corrected chi connectivity index (χ2v) is 6.14. The van der Waals surface area contributed by atoms with Gasteiger partial charge in [-0.2, -0.15) is 9.98 Å². The highest BCUT2D eigenvalue weighted by molar-refractivity contribution is 7.89. The average Bonchev–Trinajstić information content (AvgIpc) is 2.31. The Bertz CT molecular complexity index is 596. The number of nitriles is 1. The summed E-state index contributed by atoms with van der Waals surface area (Å²) in [7, 11) is -3.62. The van der Waals surface area contributed by atoms with Crippen molar-refractivity contribution in [2.45, 2.75) is 39.5 Å². The van der Waals surface area contributed by atoms with E-state index in [1.165, 1.54) is 0 Å². The number of benzene rings is 1. The van der Waals surface area contributed by atoms with Gasteiger partial charge in [-0.3, -0.25) is 0 Å². The van der Waals surface area contributed by atoms with E-state index in [9.17, 15) is 8.42 Å². The zero-order valence-corrected chi connectivity index (χ0v) is 12.2. The Hall–Kier alpha value is -1.38. The Morgan fingerprint density at radius 1 is 0.944 bits per heavy atom. The van der Waals surface area contributed by atoms with Gasteiger partial charge in [0.25, 0.3) is 0 Å². The Morgan fingerprint density at radius 3 is 1.72 bits per heavy atom. The van der Waals surface area contributed by atoms with Crippen LogP contribution in [0.1, 0.15) is 27.8 Å². The predicted octanol–water partition coefficient (Wildman–Crippen LogP) is 2.03. The molecule has 1 aromatic carbocycles. The molecule has 0 aromatic heterocycles. The maximum Gasteiger partial charge on any atom is 0.242 e. The largest absolute Gasteiger partial charge is 0.242 e. The molecule has 0 aliphatic heterocycles. The van der Waals surface area contributed by atoms with Crippen LogP contribution in [0.3, 0.4) is 0 Å². The molecule has 1 rings (SSSR count). The van der Waals surface area contributed by atoms with E-state index in [1.807, 2.05) is 20.8 Å². The highest BCUT2D eigenvalue weighted by Crippen LogP contribution is 2.29. The summed E-state index contributed by atoms with van der Waals surface area (Å²) in [6.07, 6.45) is 0. The molecule has 0 atom stereocenters. The molecule has 1 N–H and O–H groups in total. The van der Waals surface area contributed by atoms with Gasteiger partial charge in [0, 0.05) is 0 Å². The molecule has 0 saturated heterocycles. The van der Waals surface area contributed by atoms with Crippen molar-refractivity contribution in [3.05, 3.63) is 27.8 Å². The molecule has 0 heterocycles. The van der Waals surface area contributed by atoms with E-state index in [4.69, 9.17) is 5.26 Å². The summed E-state index contributed by atoms with van der Waals surface area (Å²) >= 11 is 0. The summed E-state index contributed by atoms with van der Waals surface area (Å²) in [5, 5.41) is 8.49. The maximum absolute atomic E-state index is 12.2. The van der Waals surface area contributed by atoms with Crippen LogP contribution in [0.4, 0.5) is 0 Å². The fourth-order valence-electron chi connectivity index (χ4n) is 2.07. The molecule has 4 nitrogen and oxygen atoms in total. The smallest absolute Gasteiger partial charge is 0.207 e. The summed E-state index contributed by atoms with van der Waals surface area (Å²) in [5.74, 6) is 0. The Balaban J connectivity index is 3.58. The molecule has 98 valence electrons. The van der Waals surface area contributed by atoms with Gasteiger partial charge in [0.2, 0.25) is 10.0 Å². The van der Waals surface area contributed by atoms with Crippen LogP contribution >= 0.6 is 0 Å². The SMILES string of the molecule is Cc1c(C)c(C)c(S(=O)(=O)NCC#N)c(C)c1C. The molecular weight excluding hydrogens is 248 g/mol. The minimum absolute atomic E-state index is 0.215. The van der Waals surface area contributed by atoms with Crippen LogP contribution < -0.4 is 4.72 Å². The minimum Gasteiger partial charge on any atom is -0.207 e. The molecule has 0 unspecified atom stereocenters. The van der Waals surface area contributed by atoms with Crippen LogP contribution in [-0.4, -0.2) is 15.0 Å². The normalized spacial score (nSPS) is 11.3. The maximum atomic E-state index is 12.2. The molecule has 0 aliphatic carbocycles. The standard InChI is InChI=1S/C13H18N2O2S/c1-8-9(2)11(4)13(12(5)10(8)3)18(16,17)15-7-6-14/h15H,7H2,1-5H3. The van der Waals surface area contributed by atoms with Crippen molar-refractivity contribution in [1.29, 1.82) is 5.26 Å². The third-order valence-corrected chi connectivity index (χ3v) is 5.22. The van der Waals surface area contributed by atoms with E-state index in [1.54, 1.807) is 19.9 Å². The summed E-state index contributed by atoms with van der Waals surface area (Å²) < 4.78 is 26.7. The van der Waals surface area contributed by atoms with E-state index in [0.717, 1.165) is 27.8 Å². The number of sulfonamides is 1. The minimum atomic E-state index is -3.62. The Kier molecular flexibility index (Phi) is 4.15. The molecule has 5 heteroatoms. The van der Waals surface area contributed by atoms with Gasteiger partial charge in [0.05, 0.1) is 17.5 Å². The lowest BCUT2D eigenvalue weighted by Gasteiger charge is -2.18. The second-order valence-electron chi connectivity index (χ2n) is 4.44. The van der Waals surface area contributed by atoms with Crippen molar-refractivity contribution in [2.24, 2.45) is 0 Å². The van der Waals surface area contributed by atoms with Gasteiger partial charge in [-0.25, -0.2) is 8.42 Å². The van der Waals surface area contributed by atoms with Crippen LogP contribution in [0.2, 0.25) is 0 Å². The number of hydrogen-bond acceptors (Lipinski definition) is 3. The van der Waals surface area contributed by atoms with Gasteiger partial charge in [0.1, 0.15) is 0 Å². The van der Waals surface area contributed by atoms with Crippen molar-refractivity contribution in [1.82, 2.24) is 4.72 Å². The van der Waals surface area contributed by atoms with Crippen molar-refractivity contribution in [3.8, 4) is 6.07 Å². The topological polar surface area (TPSA) is 70.0 Å². The van der Waals surface area contributed by atoms with Crippen LogP contribution in [-0.2, 0) is 10.0 Å². The third kappa shape index (κ3) is 2.40. The molecule has 0 spiro atoms. The second kappa shape index (κ2) is 5.09.